The molecule has 4 aromatic carbocycles. The van der Waals surface area contributed by atoms with Crippen LogP contribution >= 0.6 is 11.6 Å². The van der Waals surface area contributed by atoms with Gasteiger partial charge < -0.3 is 9.12 Å². The molecule has 6 rings (SSSR count). The molecule has 0 aliphatic carbocycles. The summed E-state index contributed by atoms with van der Waals surface area (Å²) < 4.78 is 59.0. The van der Waals surface area contributed by atoms with E-state index in [0.717, 1.165) is 0 Å². The quantitative estimate of drug-likeness (QED) is 0.131. The van der Waals surface area contributed by atoms with Gasteiger partial charge in [0.25, 0.3) is 6.43 Å². The van der Waals surface area contributed by atoms with E-state index in [4.69, 9.17) is 11.6 Å². The fourth-order valence-corrected chi connectivity index (χ4v) is 6.90. The standard InChI is InChI=1S/C34H21ClF3N3O2S/c1-40-14-13-27(31(40)18-39)32-28-17-24(36)8-12-30(28)41(44(43)25-9-6-21(7-10-25)34(37)38)33(32)23-4-2-3-22(16-23)26-11-5-20(19-42)15-29(26)35/h2-17,19,34H,1H3. The smallest absolute Gasteiger partial charge is 0.263 e. The minimum Gasteiger partial charge on any atom is -0.587 e. The number of nitriles is 1. The van der Waals surface area contributed by atoms with Gasteiger partial charge in [0.15, 0.2) is 4.90 Å². The van der Waals surface area contributed by atoms with Crippen molar-refractivity contribution >= 4 is 40.2 Å². The van der Waals surface area contributed by atoms with E-state index in [-0.39, 0.29) is 10.5 Å². The number of alkyl halides is 2. The Morgan fingerprint density at radius 3 is 2.39 bits per heavy atom. The van der Waals surface area contributed by atoms with E-state index in [1.54, 1.807) is 54.2 Å². The third-order valence-corrected chi connectivity index (χ3v) is 9.11. The first-order valence-corrected chi connectivity index (χ1v) is 14.8. The summed E-state index contributed by atoms with van der Waals surface area (Å²) in [7, 11) is 1.72. The van der Waals surface area contributed by atoms with Gasteiger partial charge >= 0.3 is 0 Å². The van der Waals surface area contributed by atoms with Gasteiger partial charge in [-0.2, -0.15) is 9.23 Å². The Kier molecular flexibility index (Phi) is 7.82. The summed E-state index contributed by atoms with van der Waals surface area (Å²) in [6.07, 6.45) is -0.274. The van der Waals surface area contributed by atoms with E-state index in [9.17, 15) is 27.8 Å². The fourth-order valence-electron chi connectivity index (χ4n) is 5.32. The Bertz CT molecular complexity index is 2100. The second-order valence-electron chi connectivity index (χ2n) is 10.0. The van der Waals surface area contributed by atoms with Gasteiger partial charge in [-0.1, -0.05) is 41.9 Å². The number of halogens is 4. The number of nitrogens with zero attached hydrogens (tertiary/aromatic N) is 3. The first kappa shape index (κ1) is 29.3. The van der Waals surface area contributed by atoms with Crippen molar-refractivity contribution in [3.8, 4) is 39.6 Å². The number of hydrogen-bond donors (Lipinski definition) is 0. The lowest BCUT2D eigenvalue weighted by Gasteiger charge is -2.17. The van der Waals surface area contributed by atoms with Gasteiger partial charge in [-0.25, -0.2) is 13.2 Å². The maximum atomic E-state index is 14.8. The lowest BCUT2D eigenvalue weighted by molar-refractivity contribution is 0.112. The van der Waals surface area contributed by atoms with Gasteiger partial charge in [0, 0.05) is 57.0 Å². The molecular weight excluding hydrogens is 607 g/mol. The van der Waals surface area contributed by atoms with Gasteiger partial charge in [-0.05, 0) is 66.2 Å². The Morgan fingerprint density at radius 2 is 1.70 bits per heavy atom. The number of aldehydes is 1. The van der Waals surface area contributed by atoms with E-state index in [1.165, 1.54) is 46.4 Å². The highest BCUT2D eigenvalue weighted by Gasteiger charge is 2.30. The molecule has 44 heavy (non-hydrogen) atoms. The molecule has 218 valence electrons. The lowest BCUT2D eigenvalue weighted by atomic mass is 9.96. The normalized spacial score (nSPS) is 12.0. The molecule has 0 radical (unpaired) electrons. The highest BCUT2D eigenvalue weighted by Crippen LogP contribution is 2.45. The summed E-state index contributed by atoms with van der Waals surface area (Å²) in [6, 6.07) is 25.4. The zero-order valence-corrected chi connectivity index (χ0v) is 24.5. The first-order valence-electron chi connectivity index (χ1n) is 13.3. The van der Waals surface area contributed by atoms with E-state index < -0.39 is 23.6 Å². The summed E-state index contributed by atoms with van der Waals surface area (Å²) in [5.41, 5.74) is 4.26. The molecule has 6 aromatic rings. The third-order valence-electron chi connectivity index (χ3n) is 7.41. The maximum Gasteiger partial charge on any atom is 0.263 e. The van der Waals surface area contributed by atoms with E-state index in [1.807, 2.05) is 12.1 Å². The molecule has 0 amide bonds. The number of aryl methyl sites for hydroxylation is 1. The van der Waals surface area contributed by atoms with Crippen LogP contribution in [-0.2, 0) is 18.4 Å². The van der Waals surface area contributed by atoms with Crippen LogP contribution in [0.3, 0.4) is 0 Å². The maximum absolute atomic E-state index is 14.8. The van der Waals surface area contributed by atoms with Crippen molar-refractivity contribution < 1.29 is 22.5 Å². The molecule has 0 aliphatic rings. The lowest BCUT2D eigenvalue weighted by Crippen LogP contribution is -2.14. The molecule has 2 heterocycles. The van der Waals surface area contributed by atoms with Crippen molar-refractivity contribution in [2.75, 3.05) is 0 Å². The molecule has 0 saturated heterocycles. The molecule has 1 atom stereocenters. The summed E-state index contributed by atoms with van der Waals surface area (Å²) in [4.78, 5) is 11.5. The molecule has 0 spiro atoms. The fraction of sp³-hybridized carbons (Fsp3) is 0.0588. The van der Waals surface area contributed by atoms with Crippen LogP contribution in [0.25, 0.3) is 44.4 Å². The van der Waals surface area contributed by atoms with Crippen molar-refractivity contribution in [2.45, 2.75) is 11.3 Å². The molecule has 0 N–H and O–H groups in total. The summed E-state index contributed by atoms with van der Waals surface area (Å²) >= 11 is 4.56. The number of hydrogen-bond acceptors (Lipinski definition) is 3. The predicted molar refractivity (Wildman–Crippen MR) is 165 cm³/mol. The summed E-state index contributed by atoms with van der Waals surface area (Å²) in [5, 5.41) is 10.8. The Labute approximate surface area is 258 Å². The van der Waals surface area contributed by atoms with Gasteiger partial charge in [-0.15, -0.1) is 0 Å². The Morgan fingerprint density at radius 1 is 0.955 bits per heavy atom. The molecule has 0 saturated carbocycles. The van der Waals surface area contributed by atoms with Crippen LogP contribution in [0, 0.1) is 17.1 Å². The number of rotatable bonds is 7. The summed E-state index contributed by atoms with van der Waals surface area (Å²) in [6.45, 7) is 0. The van der Waals surface area contributed by atoms with Crippen LogP contribution in [0.5, 0.6) is 0 Å². The highest BCUT2D eigenvalue weighted by molar-refractivity contribution is 7.90. The number of benzene rings is 4. The van der Waals surface area contributed by atoms with Gasteiger partial charge in [-0.3, -0.25) is 4.79 Å². The highest BCUT2D eigenvalue weighted by atomic mass is 35.5. The summed E-state index contributed by atoms with van der Waals surface area (Å²) in [5.74, 6) is -0.528. The monoisotopic (exact) mass is 627 g/mol. The van der Waals surface area contributed by atoms with Crippen molar-refractivity contribution in [2.24, 2.45) is 7.05 Å². The molecule has 1 unspecified atom stereocenters. The number of carbonyl (C=O) groups excluding carboxylic acids is 1. The number of fused-ring (bicyclic) bond motifs is 1. The molecule has 5 nitrogen and oxygen atoms in total. The van der Waals surface area contributed by atoms with Crippen molar-refractivity contribution in [3.05, 3.63) is 125 Å². The zero-order chi connectivity index (χ0) is 31.1. The van der Waals surface area contributed by atoms with Gasteiger partial charge in [0.2, 0.25) is 0 Å². The van der Waals surface area contributed by atoms with Crippen molar-refractivity contribution in [1.82, 2.24) is 8.54 Å². The zero-order valence-electron chi connectivity index (χ0n) is 23.0. The van der Waals surface area contributed by atoms with Crippen molar-refractivity contribution in [3.63, 3.8) is 0 Å². The van der Waals surface area contributed by atoms with Crippen LogP contribution in [-0.4, -0.2) is 19.4 Å². The topological polar surface area (TPSA) is 73.8 Å². The number of aromatic nitrogens is 2. The van der Waals surface area contributed by atoms with Crippen LogP contribution < -0.4 is 0 Å². The van der Waals surface area contributed by atoms with Gasteiger partial charge in [0.05, 0.1) is 5.52 Å². The number of carbonyl (C=O) groups is 1. The third kappa shape index (κ3) is 5.07. The van der Waals surface area contributed by atoms with E-state index in [2.05, 4.69) is 6.07 Å². The van der Waals surface area contributed by atoms with Gasteiger partial charge in [0.1, 0.15) is 40.9 Å². The molecule has 0 fully saturated rings. The minimum absolute atomic E-state index is 0.209. The predicted octanol–water partition coefficient (Wildman–Crippen LogP) is 8.97. The molecule has 0 aliphatic heterocycles. The average Bonchev–Trinajstić information content (AvgIpc) is 3.56. The van der Waals surface area contributed by atoms with E-state index >= 15 is 0 Å². The Balaban J connectivity index is 1.68. The first-order chi connectivity index (χ1) is 21.2. The molecular formula is C34H21ClF3N3O2S. The molecule has 0 bridgehead atoms. The second-order valence-corrected chi connectivity index (χ2v) is 11.8. The average molecular weight is 628 g/mol. The largest absolute Gasteiger partial charge is 0.587 e. The van der Waals surface area contributed by atoms with Crippen LogP contribution in [0.2, 0.25) is 5.02 Å². The van der Waals surface area contributed by atoms with Crippen LogP contribution in [0.1, 0.15) is 28.0 Å². The van der Waals surface area contributed by atoms with Crippen LogP contribution in [0.4, 0.5) is 13.2 Å². The van der Waals surface area contributed by atoms with Crippen LogP contribution in [0.15, 0.2) is 102 Å². The van der Waals surface area contributed by atoms with Crippen molar-refractivity contribution in [1.29, 1.82) is 5.26 Å². The SMILES string of the molecule is Cn1ccc(-c2c(-c3cccc(-c4ccc(C=O)cc4Cl)c3)n([S+]([O-])c3ccc(C(F)F)cc3)c3ccc(F)cc23)c1C#N. The molecule has 2 aromatic heterocycles. The molecule has 10 heteroatoms. The Hall–Kier alpha value is -4.75. The van der Waals surface area contributed by atoms with E-state index in [0.29, 0.717) is 67.0 Å². The minimum atomic E-state index is -2.69. The second kappa shape index (κ2) is 11.7.